The molecule has 7 heteroatoms. The molecule has 0 aliphatic heterocycles. The molecule has 12 heavy (non-hydrogen) atoms. The number of hydrogen-bond acceptors (Lipinski definition) is 6. The molecule has 1 rings (SSSR count). The summed E-state index contributed by atoms with van der Waals surface area (Å²) in [7, 11) is 1.52. The van der Waals surface area contributed by atoms with Crippen LogP contribution in [0.25, 0.3) is 0 Å². The summed E-state index contributed by atoms with van der Waals surface area (Å²) in [4.78, 5) is 14.1. The number of nitrogens with one attached hydrogen (secondary N) is 1. The minimum atomic E-state index is -1.20. The van der Waals surface area contributed by atoms with Gasteiger partial charge in [-0.3, -0.25) is 0 Å². The van der Waals surface area contributed by atoms with E-state index in [4.69, 9.17) is 10.8 Å². The van der Waals surface area contributed by atoms with Gasteiger partial charge in [0.1, 0.15) is 0 Å². The van der Waals surface area contributed by atoms with Crippen LogP contribution in [0.5, 0.6) is 0 Å². The minimum Gasteiger partial charge on any atom is -0.476 e. The van der Waals surface area contributed by atoms with E-state index < -0.39 is 5.97 Å². The number of carboxylic acids is 1. The molecule has 1 heterocycles. The first kappa shape index (κ1) is 8.18. The second kappa shape index (κ2) is 2.99. The minimum absolute atomic E-state index is 0.0654. The molecule has 0 aromatic carbocycles. The van der Waals surface area contributed by atoms with Crippen LogP contribution in [-0.4, -0.2) is 33.3 Å². The van der Waals surface area contributed by atoms with Crippen LogP contribution in [0.15, 0.2) is 0 Å². The molecule has 4 N–H and O–H groups in total. The van der Waals surface area contributed by atoms with E-state index in [9.17, 15) is 4.79 Å². The molecule has 0 fully saturated rings. The van der Waals surface area contributed by atoms with E-state index in [-0.39, 0.29) is 17.5 Å². The third-order valence-electron chi connectivity index (χ3n) is 1.14. The highest BCUT2D eigenvalue weighted by molar-refractivity contribution is 5.90. The Hall–Kier alpha value is -1.92. The fourth-order valence-electron chi connectivity index (χ4n) is 0.657. The lowest BCUT2D eigenvalue weighted by Gasteiger charge is -2.01. The van der Waals surface area contributed by atoms with E-state index in [1.54, 1.807) is 0 Å². The highest BCUT2D eigenvalue weighted by atomic mass is 16.4. The van der Waals surface area contributed by atoms with Gasteiger partial charge in [-0.2, -0.15) is 4.98 Å². The van der Waals surface area contributed by atoms with Crippen LogP contribution in [0.1, 0.15) is 10.5 Å². The predicted molar refractivity (Wildman–Crippen MR) is 40.7 cm³/mol. The molecule has 7 nitrogen and oxygen atoms in total. The zero-order valence-electron chi connectivity index (χ0n) is 6.27. The highest BCUT2D eigenvalue weighted by Gasteiger charge is 2.13. The number of rotatable bonds is 2. The quantitative estimate of drug-likeness (QED) is 0.530. The maximum absolute atomic E-state index is 10.5. The zero-order chi connectivity index (χ0) is 9.14. The van der Waals surface area contributed by atoms with E-state index in [1.807, 2.05) is 0 Å². The van der Waals surface area contributed by atoms with Crippen molar-refractivity contribution in [1.29, 1.82) is 0 Å². The fourth-order valence-corrected chi connectivity index (χ4v) is 0.657. The van der Waals surface area contributed by atoms with Crippen molar-refractivity contribution in [3.63, 3.8) is 0 Å². The molecule has 0 spiro atoms. The van der Waals surface area contributed by atoms with Crippen molar-refractivity contribution < 1.29 is 9.90 Å². The first-order chi connectivity index (χ1) is 5.65. The van der Waals surface area contributed by atoms with Gasteiger partial charge < -0.3 is 16.2 Å². The Kier molecular flexibility index (Phi) is 2.04. The molecule has 0 bridgehead atoms. The van der Waals surface area contributed by atoms with Gasteiger partial charge in [0.2, 0.25) is 11.6 Å². The van der Waals surface area contributed by atoms with E-state index in [1.165, 1.54) is 7.05 Å². The molecule has 64 valence electrons. The molecular weight excluding hydrogens is 162 g/mol. The molecule has 0 atom stereocenters. The molecule has 0 radical (unpaired) electrons. The van der Waals surface area contributed by atoms with Crippen LogP contribution in [-0.2, 0) is 0 Å². The normalized spacial score (nSPS) is 9.42. The third kappa shape index (κ3) is 1.39. The standard InChI is InChI=1S/C5H7N5O2/c1-7-3-2(4(11)12)9-10-5(6)8-3/h1H3,(H,11,12)(H3,6,7,8,10). The second-order valence-electron chi connectivity index (χ2n) is 1.92. The van der Waals surface area contributed by atoms with Gasteiger partial charge in [-0.1, -0.05) is 0 Å². The van der Waals surface area contributed by atoms with Crippen molar-refractivity contribution in [3.8, 4) is 0 Å². The number of anilines is 2. The first-order valence-electron chi connectivity index (χ1n) is 3.06. The summed E-state index contributed by atoms with van der Waals surface area (Å²) in [6.07, 6.45) is 0. The zero-order valence-corrected chi connectivity index (χ0v) is 6.27. The Labute approximate surface area is 67.6 Å². The molecule has 1 aromatic heterocycles. The summed E-state index contributed by atoms with van der Waals surface area (Å²) in [5.41, 5.74) is 4.94. The van der Waals surface area contributed by atoms with Gasteiger partial charge in [0.05, 0.1) is 0 Å². The highest BCUT2D eigenvalue weighted by Crippen LogP contribution is 2.07. The number of aromatic carboxylic acids is 1. The van der Waals surface area contributed by atoms with Gasteiger partial charge >= 0.3 is 5.97 Å². The van der Waals surface area contributed by atoms with Crippen molar-refractivity contribution in [1.82, 2.24) is 15.2 Å². The largest absolute Gasteiger partial charge is 0.476 e. The number of nitrogens with two attached hydrogens (primary N) is 1. The molecule has 0 aliphatic rings. The Morgan fingerprint density at radius 1 is 1.58 bits per heavy atom. The van der Waals surface area contributed by atoms with E-state index in [0.29, 0.717) is 0 Å². The number of hydrogen-bond donors (Lipinski definition) is 3. The monoisotopic (exact) mass is 169 g/mol. The van der Waals surface area contributed by atoms with Crippen LogP contribution in [0.3, 0.4) is 0 Å². The predicted octanol–water partition coefficient (Wildman–Crippen LogP) is -0.806. The lowest BCUT2D eigenvalue weighted by Crippen LogP contribution is -2.11. The summed E-state index contributed by atoms with van der Waals surface area (Å²) in [5, 5.41) is 17.8. The molecule has 0 aliphatic carbocycles. The molecule has 0 amide bonds. The lowest BCUT2D eigenvalue weighted by atomic mass is 10.4. The SMILES string of the molecule is CNc1nc(N)nnc1C(=O)O. The van der Waals surface area contributed by atoms with Gasteiger partial charge in [0.25, 0.3) is 0 Å². The third-order valence-corrected chi connectivity index (χ3v) is 1.14. The van der Waals surface area contributed by atoms with Crippen molar-refractivity contribution in [3.05, 3.63) is 5.69 Å². The molecule has 0 unspecified atom stereocenters. The molecule has 1 aromatic rings. The van der Waals surface area contributed by atoms with Gasteiger partial charge in [-0.25, -0.2) is 4.79 Å². The van der Waals surface area contributed by atoms with E-state index in [2.05, 4.69) is 20.5 Å². The average molecular weight is 169 g/mol. The van der Waals surface area contributed by atoms with Gasteiger partial charge in [-0.05, 0) is 0 Å². The maximum Gasteiger partial charge on any atom is 0.360 e. The number of aromatic nitrogens is 3. The van der Waals surface area contributed by atoms with Crippen molar-refractivity contribution in [2.24, 2.45) is 0 Å². The first-order valence-corrected chi connectivity index (χ1v) is 3.06. The van der Waals surface area contributed by atoms with Crippen molar-refractivity contribution >= 4 is 17.7 Å². The number of nitrogens with zero attached hydrogens (tertiary/aromatic N) is 3. The van der Waals surface area contributed by atoms with Crippen LogP contribution >= 0.6 is 0 Å². The Morgan fingerprint density at radius 2 is 2.25 bits per heavy atom. The van der Waals surface area contributed by atoms with Gasteiger partial charge in [0, 0.05) is 7.05 Å². The fraction of sp³-hybridized carbons (Fsp3) is 0.200. The number of carboxylic acid groups (broad SMARTS) is 1. The summed E-state index contributed by atoms with van der Waals surface area (Å²) in [6, 6.07) is 0. The van der Waals surface area contributed by atoms with Gasteiger partial charge in [-0.15, -0.1) is 10.2 Å². The smallest absolute Gasteiger partial charge is 0.360 e. The van der Waals surface area contributed by atoms with Crippen LogP contribution in [0.2, 0.25) is 0 Å². The van der Waals surface area contributed by atoms with Gasteiger partial charge in [0.15, 0.2) is 5.82 Å². The topological polar surface area (TPSA) is 114 Å². The number of nitrogen functional groups attached to an aromatic ring is 1. The summed E-state index contributed by atoms with van der Waals surface area (Å²) in [6.45, 7) is 0. The van der Waals surface area contributed by atoms with Crippen LogP contribution in [0.4, 0.5) is 11.8 Å². The van der Waals surface area contributed by atoms with E-state index >= 15 is 0 Å². The second-order valence-corrected chi connectivity index (χ2v) is 1.92. The van der Waals surface area contributed by atoms with Crippen molar-refractivity contribution in [2.75, 3.05) is 18.1 Å². The molecule has 0 saturated heterocycles. The summed E-state index contributed by atoms with van der Waals surface area (Å²) < 4.78 is 0. The Bertz CT molecular complexity index is 313. The van der Waals surface area contributed by atoms with Crippen molar-refractivity contribution in [2.45, 2.75) is 0 Å². The lowest BCUT2D eigenvalue weighted by molar-refractivity contribution is 0.0690. The Balaban J connectivity index is 3.20. The molecular formula is C5H7N5O2. The molecule has 0 saturated carbocycles. The van der Waals surface area contributed by atoms with Crippen LogP contribution < -0.4 is 11.1 Å². The van der Waals surface area contributed by atoms with E-state index in [0.717, 1.165) is 0 Å². The maximum atomic E-state index is 10.5. The summed E-state index contributed by atoms with van der Waals surface area (Å²) >= 11 is 0. The number of carbonyl (C=O) groups is 1. The Morgan fingerprint density at radius 3 is 2.75 bits per heavy atom. The summed E-state index contributed by atoms with van der Waals surface area (Å²) in [5.74, 6) is -1.15. The average Bonchev–Trinajstić information content (AvgIpc) is 2.03. The van der Waals surface area contributed by atoms with Crippen LogP contribution in [0, 0.1) is 0 Å².